The van der Waals surface area contributed by atoms with Crippen LogP contribution in [-0.4, -0.2) is 19.8 Å². The standard InChI is InChI=1S/C6H9BrN2O3S/c1-9(13(8,10)11)4-5-2-3-6(7)12-5/h2-3H,4H2,1H3,(H2,8,10,11). The molecule has 0 aliphatic carbocycles. The topological polar surface area (TPSA) is 76.5 Å². The van der Waals surface area contributed by atoms with Gasteiger partial charge in [-0.05, 0) is 28.1 Å². The van der Waals surface area contributed by atoms with E-state index in [9.17, 15) is 8.42 Å². The Morgan fingerprint density at radius 2 is 2.23 bits per heavy atom. The average Bonchev–Trinajstić information content (AvgIpc) is 2.33. The zero-order valence-corrected chi connectivity index (χ0v) is 9.30. The van der Waals surface area contributed by atoms with Crippen LogP contribution in [0.25, 0.3) is 0 Å². The van der Waals surface area contributed by atoms with Gasteiger partial charge in [0.15, 0.2) is 4.67 Å². The Morgan fingerprint density at radius 3 is 2.62 bits per heavy atom. The molecule has 0 amide bonds. The van der Waals surface area contributed by atoms with Crippen molar-refractivity contribution in [2.75, 3.05) is 7.05 Å². The molecule has 0 aliphatic rings. The van der Waals surface area contributed by atoms with E-state index in [1.54, 1.807) is 12.1 Å². The fourth-order valence-corrected chi connectivity index (χ4v) is 1.39. The van der Waals surface area contributed by atoms with Gasteiger partial charge in [-0.15, -0.1) is 0 Å². The molecular formula is C6H9BrN2O3S. The quantitative estimate of drug-likeness (QED) is 0.876. The zero-order valence-electron chi connectivity index (χ0n) is 6.90. The van der Waals surface area contributed by atoms with Crippen LogP contribution in [0.3, 0.4) is 0 Å². The summed E-state index contributed by atoms with van der Waals surface area (Å²) in [6.07, 6.45) is 0. The average molecular weight is 269 g/mol. The van der Waals surface area contributed by atoms with Crippen molar-refractivity contribution in [2.24, 2.45) is 5.14 Å². The molecular weight excluding hydrogens is 260 g/mol. The van der Waals surface area contributed by atoms with E-state index in [1.165, 1.54) is 7.05 Å². The number of hydrogen-bond acceptors (Lipinski definition) is 3. The molecule has 5 nitrogen and oxygen atoms in total. The van der Waals surface area contributed by atoms with Crippen LogP contribution >= 0.6 is 15.9 Å². The molecule has 0 spiro atoms. The predicted octanol–water partition coefficient (Wildman–Crippen LogP) is 0.677. The second-order valence-corrected chi connectivity index (χ2v) is 4.94. The Labute approximate surface area is 84.8 Å². The summed E-state index contributed by atoms with van der Waals surface area (Å²) in [6.45, 7) is 0.129. The number of furan rings is 1. The maximum absolute atomic E-state index is 10.8. The lowest BCUT2D eigenvalue weighted by Crippen LogP contribution is -2.32. The van der Waals surface area contributed by atoms with Crippen molar-refractivity contribution in [3.8, 4) is 0 Å². The summed E-state index contributed by atoms with van der Waals surface area (Å²) in [7, 11) is -2.25. The normalized spacial score (nSPS) is 12.3. The summed E-state index contributed by atoms with van der Waals surface area (Å²) in [4.78, 5) is 0. The number of hydrogen-bond donors (Lipinski definition) is 1. The highest BCUT2D eigenvalue weighted by atomic mass is 79.9. The van der Waals surface area contributed by atoms with Crippen LogP contribution in [0.5, 0.6) is 0 Å². The van der Waals surface area contributed by atoms with Crippen LogP contribution < -0.4 is 5.14 Å². The summed E-state index contributed by atoms with van der Waals surface area (Å²) in [5.41, 5.74) is 0. The third kappa shape index (κ3) is 3.11. The minimum Gasteiger partial charge on any atom is -0.453 e. The molecule has 0 bridgehead atoms. The highest BCUT2D eigenvalue weighted by Crippen LogP contribution is 2.15. The maximum Gasteiger partial charge on any atom is 0.277 e. The van der Waals surface area contributed by atoms with E-state index in [0.29, 0.717) is 10.4 Å². The lowest BCUT2D eigenvalue weighted by Gasteiger charge is -2.10. The first-order valence-electron chi connectivity index (χ1n) is 3.38. The molecule has 1 aromatic heterocycles. The minimum atomic E-state index is -3.63. The van der Waals surface area contributed by atoms with Gasteiger partial charge in [-0.1, -0.05) is 0 Å². The molecule has 0 fully saturated rings. The number of nitrogens with two attached hydrogens (primary N) is 1. The Morgan fingerprint density at radius 1 is 1.62 bits per heavy atom. The van der Waals surface area contributed by atoms with Gasteiger partial charge >= 0.3 is 0 Å². The number of nitrogens with zero attached hydrogens (tertiary/aromatic N) is 1. The molecule has 0 saturated heterocycles. The summed E-state index contributed by atoms with van der Waals surface area (Å²) in [5, 5.41) is 4.88. The Balaban J connectivity index is 2.71. The van der Waals surface area contributed by atoms with E-state index in [4.69, 9.17) is 9.56 Å². The van der Waals surface area contributed by atoms with Crippen molar-refractivity contribution in [3.63, 3.8) is 0 Å². The van der Waals surface area contributed by atoms with Crippen LogP contribution in [0.2, 0.25) is 0 Å². The summed E-state index contributed by atoms with van der Waals surface area (Å²) < 4.78 is 28.2. The fourth-order valence-electron chi connectivity index (χ4n) is 0.746. The van der Waals surface area contributed by atoms with E-state index < -0.39 is 10.2 Å². The Bertz CT molecular complexity index is 386. The van der Waals surface area contributed by atoms with Crippen molar-refractivity contribution in [2.45, 2.75) is 6.54 Å². The molecule has 0 saturated carbocycles. The molecule has 7 heteroatoms. The highest BCUT2D eigenvalue weighted by Gasteiger charge is 2.13. The Hall–Kier alpha value is -0.370. The largest absolute Gasteiger partial charge is 0.453 e. The van der Waals surface area contributed by atoms with Crippen molar-refractivity contribution in [1.29, 1.82) is 0 Å². The van der Waals surface area contributed by atoms with Gasteiger partial charge in [0.05, 0.1) is 6.54 Å². The first kappa shape index (κ1) is 10.7. The molecule has 13 heavy (non-hydrogen) atoms. The maximum atomic E-state index is 10.8. The molecule has 0 radical (unpaired) electrons. The van der Waals surface area contributed by atoms with Crippen LogP contribution in [0.4, 0.5) is 0 Å². The molecule has 0 atom stereocenters. The molecule has 2 N–H and O–H groups in total. The highest BCUT2D eigenvalue weighted by molar-refractivity contribution is 9.10. The van der Waals surface area contributed by atoms with Gasteiger partial charge in [0.25, 0.3) is 10.2 Å². The number of halogens is 1. The van der Waals surface area contributed by atoms with Gasteiger partial charge in [0.2, 0.25) is 0 Å². The molecule has 1 rings (SSSR count). The summed E-state index contributed by atoms with van der Waals surface area (Å²) in [5.74, 6) is 0.531. The molecule has 1 aromatic rings. The van der Waals surface area contributed by atoms with Crippen molar-refractivity contribution in [3.05, 3.63) is 22.6 Å². The van der Waals surface area contributed by atoms with E-state index in [1.807, 2.05) is 0 Å². The van der Waals surface area contributed by atoms with E-state index in [-0.39, 0.29) is 6.54 Å². The molecule has 0 aromatic carbocycles. The molecule has 0 aliphatic heterocycles. The van der Waals surface area contributed by atoms with Crippen molar-refractivity contribution in [1.82, 2.24) is 4.31 Å². The molecule has 0 unspecified atom stereocenters. The van der Waals surface area contributed by atoms with E-state index in [0.717, 1.165) is 4.31 Å². The predicted molar refractivity (Wildman–Crippen MR) is 51.0 cm³/mol. The second-order valence-electron chi connectivity index (χ2n) is 2.51. The van der Waals surface area contributed by atoms with Crippen LogP contribution in [0.1, 0.15) is 5.76 Å². The van der Waals surface area contributed by atoms with Crippen LogP contribution in [-0.2, 0) is 16.8 Å². The van der Waals surface area contributed by atoms with E-state index >= 15 is 0 Å². The van der Waals surface area contributed by atoms with Gasteiger partial charge in [-0.3, -0.25) is 0 Å². The summed E-state index contributed by atoms with van der Waals surface area (Å²) >= 11 is 3.11. The second kappa shape index (κ2) is 3.79. The molecule has 1 heterocycles. The number of rotatable bonds is 3. The lowest BCUT2D eigenvalue weighted by atomic mass is 10.4. The van der Waals surface area contributed by atoms with Crippen molar-refractivity contribution >= 4 is 26.1 Å². The van der Waals surface area contributed by atoms with Gasteiger partial charge in [0, 0.05) is 7.05 Å². The monoisotopic (exact) mass is 268 g/mol. The summed E-state index contributed by atoms with van der Waals surface area (Å²) in [6, 6.07) is 3.36. The zero-order chi connectivity index (χ0) is 10.1. The fraction of sp³-hybridized carbons (Fsp3) is 0.333. The third-order valence-corrected chi connectivity index (χ3v) is 2.87. The van der Waals surface area contributed by atoms with E-state index in [2.05, 4.69) is 15.9 Å². The van der Waals surface area contributed by atoms with Crippen LogP contribution in [0.15, 0.2) is 21.2 Å². The third-order valence-electron chi connectivity index (χ3n) is 1.44. The smallest absolute Gasteiger partial charge is 0.277 e. The Kier molecular flexibility index (Phi) is 3.12. The van der Waals surface area contributed by atoms with Gasteiger partial charge < -0.3 is 4.42 Å². The van der Waals surface area contributed by atoms with Gasteiger partial charge in [-0.2, -0.15) is 12.7 Å². The first-order chi connectivity index (χ1) is 5.89. The minimum absolute atomic E-state index is 0.129. The van der Waals surface area contributed by atoms with Crippen LogP contribution in [0, 0.1) is 0 Å². The first-order valence-corrected chi connectivity index (χ1v) is 5.67. The van der Waals surface area contributed by atoms with Crippen molar-refractivity contribution < 1.29 is 12.8 Å². The van der Waals surface area contributed by atoms with Gasteiger partial charge in [-0.25, -0.2) is 5.14 Å². The van der Waals surface area contributed by atoms with Gasteiger partial charge in [0.1, 0.15) is 5.76 Å². The molecule has 74 valence electrons. The SMILES string of the molecule is CN(Cc1ccc(Br)o1)S(N)(=O)=O. The lowest BCUT2D eigenvalue weighted by molar-refractivity contribution is 0.399.